The van der Waals surface area contributed by atoms with Crippen LogP contribution in [0, 0.1) is 13.8 Å². The molecule has 2 atom stereocenters. The molecule has 1 aromatic carbocycles. The number of hydrogen-bond acceptors (Lipinski definition) is 2. The van der Waals surface area contributed by atoms with Crippen LogP contribution in [0.1, 0.15) is 91.8 Å². The van der Waals surface area contributed by atoms with Gasteiger partial charge in [-0.3, -0.25) is 4.98 Å². The third-order valence-corrected chi connectivity index (χ3v) is 7.78. The predicted octanol–water partition coefficient (Wildman–Crippen LogP) is 6.92. The van der Waals surface area contributed by atoms with Gasteiger partial charge in [0.25, 0.3) is 0 Å². The molecular weight excluding hydrogens is 424 g/mol. The number of rotatable bonds is 5. The zero-order chi connectivity index (χ0) is 23.1. The highest BCUT2D eigenvalue weighted by molar-refractivity contribution is 7.80. The first-order chi connectivity index (χ1) is 16.0. The summed E-state index contributed by atoms with van der Waals surface area (Å²) in [6.07, 6.45) is 7.09. The largest absolute Gasteiger partial charge is 0.351 e. The van der Waals surface area contributed by atoms with E-state index in [1.807, 2.05) is 12.3 Å². The van der Waals surface area contributed by atoms with Crippen molar-refractivity contribution in [1.82, 2.24) is 14.9 Å². The van der Waals surface area contributed by atoms with Gasteiger partial charge in [-0.25, -0.2) is 0 Å². The standard InChI is InChI=1S/C28H34N4S/c1-18(2)21-12-14-23(15-13-21)32-27(26(30-28(32)33)25-11-7-8-16-29-25)24-17-19(3)31(20(24)4)22-9-5-6-10-22/h7-8,11-18,22,26-27H,5-6,9-10H2,1-4H3,(H,30,33)/t26-,27-/m0/s1. The monoisotopic (exact) mass is 458 g/mol. The van der Waals surface area contributed by atoms with Crippen molar-refractivity contribution in [1.29, 1.82) is 0 Å². The average molecular weight is 459 g/mol. The molecule has 0 amide bonds. The van der Waals surface area contributed by atoms with Gasteiger partial charge in [0.1, 0.15) is 0 Å². The molecule has 0 unspecified atom stereocenters. The molecule has 5 rings (SSSR count). The lowest BCUT2D eigenvalue weighted by Gasteiger charge is -2.29. The van der Waals surface area contributed by atoms with Crippen molar-refractivity contribution in [3.05, 3.63) is 82.9 Å². The van der Waals surface area contributed by atoms with E-state index in [9.17, 15) is 0 Å². The van der Waals surface area contributed by atoms with Gasteiger partial charge in [0.2, 0.25) is 0 Å². The molecule has 1 aliphatic heterocycles. The molecule has 2 aliphatic rings. The van der Waals surface area contributed by atoms with E-state index >= 15 is 0 Å². The van der Waals surface area contributed by atoms with E-state index in [4.69, 9.17) is 17.2 Å². The fourth-order valence-corrected chi connectivity index (χ4v) is 6.14. The normalized spacial score (nSPS) is 21.2. The summed E-state index contributed by atoms with van der Waals surface area (Å²) in [4.78, 5) is 7.02. The highest BCUT2D eigenvalue weighted by Gasteiger charge is 2.42. The van der Waals surface area contributed by atoms with Crippen LogP contribution in [0.15, 0.2) is 54.7 Å². The maximum atomic E-state index is 5.93. The second-order valence-electron chi connectivity index (χ2n) is 9.88. The Morgan fingerprint density at radius 2 is 1.76 bits per heavy atom. The summed E-state index contributed by atoms with van der Waals surface area (Å²) < 4.78 is 2.58. The number of benzene rings is 1. The Hall–Kier alpha value is -2.66. The molecular formula is C28H34N4S. The Labute approximate surface area is 203 Å². The number of aromatic nitrogens is 2. The summed E-state index contributed by atoms with van der Waals surface area (Å²) in [6, 6.07) is 18.1. The number of thiocarbonyl (C=S) groups is 1. The number of nitrogens with zero attached hydrogens (tertiary/aromatic N) is 3. The molecule has 0 radical (unpaired) electrons. The Morgan fingerprint density at radius 1 is 1.03 bits per heavy atom. The highest BCUT2D eigenvalue weighted by Crippen LogP contribution is 2.45. The zero-order valence-corrected chi connectivity index (χ0v) is 20.9. The fourth-order valence-electron chi connectivity index (χ4n) is 5.80. The van der Waals surface area contributed by atoms with Crippen LogP contribution in [0.25, 0.3) is 0 Å². The SMILES string of the molecule is Cc1cc([C@H]2[C@H](c3ccccn3)NC(=S)N2c2ccc(C(C)C)cc2)c(C)n1C1CCCC1. The van der Waals surface area contributed by atoms with Gasteiger partial charge in [-0.15, -0.1) is 0 Å². The average Bonchev–Trinajstić information content (AvgIpc) is 3.52. The molecule has 1 N–H and O–H groups in total. The second kappa shape index (κ2) is 8.94. The summed E-state index contributed by atoms with van der Waals surface area (Å²) >= 11 is 5.93. The minimum absolute atomic E-state index is 0.000929. The lowest BCUT2D eigenvalue weighted by molar-refractivity contribution is 0.494. The van der Waals surface area contributed by atoms with Crippen LogP contribution in [0.4, 0.5) is 5.69 Å². The molecule has 3 aromatic rings. The number of hydrogen-bond donors (Lipinski definition) is 1. The van der Waals surface area contributed by atoms with E-state index in [1.165, 1.54) is 48.2 Å². The van der Waals surface area contributed by atoms with Crippen molar-refractivity contribution in [2.75, 3.05) is 4.90 Å². The molecule has 0 spiro atoms. The first kappa shape index (κ1) is 22.1. The maximum Gasteiger partial charge on any atom is 0.174 e. The summed E-state index contributed by atoms with van der Waals surface area (Å²) in [5, 5.41) is 4.38. The van der Waals surface area contributed by atoms with Gasteiger partial charge in [0, 0.05) is 29.3 Å². The fraction of sp³-hybridized carbons (Fsp3) is 0.429. The van der Waals surface area contributed by atoms with E-state index in [2.05, 4.69) is 84.9 Å². The molecule has 2 fully saturated rings. The third-order valence-electron chi connectivity index (χ3n) is 7.47. The minimum Gasteiger partial charge on any atom is -0.351 e. The Morgan fingerprint density at radius 3 is 2.39 bits per heavy atom. The van der Waals surface area contributed by atoms with E-state index in [0.29, 0.717) is 12.0 Å². The Bertz CT molecular complexity index is 1130. The Balaban J connectivity index is 1.62. The van der Waals surface area contributed by atoms with Gasteiger partial charge in [-0.05, 0) is 86.3 Å². The van der Waals surface area contributed by atoms with Gasteiger partial charge in [0.05, 0.1) is 17.8 Å². The van der Waals surface area contributed by atoms with Crippen LogP contribution in [-0.4, -0.2) is 14.7 Å². The topological polar surface area (TPSA) is 33.1 Å². The first-order valence-electron chi connectivity index (χ1n) is 12.2. The van der Waals surface area contributed by atoms with Crippen LogP contribution in [-0.2, 0) is 0 Å². The van der Waals surface area contributed by atoms with Crippen LogP contribution in [0.2, 0.25) is 0 Å². The molecule has 0 bridgehead atoms. The highest BCUT2D eigenvalue weighted by atomic mass is 32.1. The Kier molecular flexibility index (Phi) is 6.00. The smallest absolute Gasteiger partial charge is 0.174 e. The van der Waals surface area contributed by atoms with Crippen LogP contribution in [0.3, 0.4) is 0 Å². The molecule has 1 saturated carbocycles. The van der Waals surface area contributed by atoms with E-state index in [0.717, 1.165) is 16.5 Å². The number of nitrogens with one attached hydrogen (secondary N) is 1. The van der Waals surface area contributed by atoms with Gasteiger partial charge >= 0.3 is 0 Å². The van der Waals surface area contributed by atoms with E-state index in [-0.39, 0.29) is 12.1 Å². The van der Waals surface area contributed by atoms with E-state index < -0.39 is 0 Å². The van der Waals surface area contributed by atoms with Crippen molar-refractivity contribution in [2.45, 2.75) is 77.4 Å². The quantitative estimate of drug-likeness (QED) is 0.421. The molecule has 2 aromatic heterocycles. The number of pyridine rings is 1. The molecule has 33 heavy (non-hydrogen) atoms. The molecule has 4 nitrogen and oxygen atoms in total. The van der Waals surface area contributed by atoms with E-state index in [1.54, 1.807) is 0 Å². The summed E-state index contributed by atoms with van der Waals surface area (Å²) in [7, 11) is 0. The van der Waals surface area contributed by atoms with Gasteiger partial charge in [0.15, 0.2) is 5.11 Å². The molecule has 3 heterocycles. The number of aryl methyl sites for hydroxylation is 1. The minimum atomic E-state index is 0.000929. The third kappa shape index (κ3) is 3.97. The van der Waals surface area contributed by atoms with Crippen LogP contribution in [0.5, 0.6) is 0 Å². The van der Waals surface area contributed by atoms with Crippen molar-refractivity contribution < 1.29 is 0 Å². The molecule has 1 aliphatic carbocycles. The van der Waals surface area contributed by atoms with Crippen molar-refractivity contribution in [3.63, 3.8) is 0 Å². The molecule has 172 valence electrons. The summed E-state index contributed by atoms with van der Waals surface area (Å²) in [5.74, 6) is 0.505. The summed E-state index contributed by atoms with van der Waals surface area (Å²) in [6.45, 7) is 9.01. The van der Waals surface area contributed by atoms with Crippen LogP contribution >= 0.6 is 12.2 Å². The lowest BCUT2D eigenvalue weighted by atomic mass is 9.96. The maximum absolute atomic E-state index is 5.93. The second-order valence-corrected chi connectivity index (χ2v) is 10.3. The van der Waals surface area contributed by atoms with Crippen molar-refractivity contribution >= 4 is 23.0 Å². The van der Waals surface area contributed by atoms with Gasteiger partial charge in [-0.2, -0.15) is 0 Å². The van der Waals surface area contributed by atoms with Gasteiger partial charge < -0.3 is 14.8 Å². The van der Waals surface area contributed by atoms with Gasteiger partial charge in [-0.1, -0.05) is 44.9 Å². The van der Waals surface area contributed by atoms with Crippen LogP contribution < -0.4 is 10.2 Å². The number of anilines is 1. The summed E-state index contributed by atoms with van der Waals surface area (Å²) in [5.41, 5.74) is 7.55. The predicted molar refractivity (Wildman–Crippen MR) is 140 cm³/mol. The molecule has 5 heteroatoms. The zero-order valence-electron chi connectivity index (χ0n) is 20.1. The first-order valence-corrected chi connectivity index (χ1v) is 12.7. The lowest BCUT2D eigenvalue weighted by Crippen LogP contribution is -2.29. The van der Waals surface area contributed by atoms with Crippen molar-refractivity contribution in [2.24, 2.45) is 0 Å². The van der Waals surface area contributed by atoms with Crippen molar-refractivity contribution in [3.8, 4) is 0 Å². The molecule has 1 saturated heterocycles.